The second-order valence-electron chi connectivity index (χ2n) is 5.45. The molecular weight excluding hydrogens is 365 g/mol. The minimum Gasteiger partial charge on any atom is -0.406 e. The van der Waals surface area contributed by atoms with Gasteiger partial charge in [0.2, 0.25) is 5.91 Å². The third-order valence-electron chi connectivity index (χ3n) is 3.55. The Labute approximate surface area is 153 Å². The van der Waals surface area contributed by atoms with E-state index in [2.05, 4.69) is 20.1 Å². The third kappa shape index (κ3) is 5.66. The van der Waals surface area contributed by atoms with Crippen molar-refractivity contribution in [1.82, 2.24) is 20.4 Å². The van der Waals surface area contributed by atoms with Crippen molar-refractivity contribution < 1.29 is 27.5 Å². The van der Waals surface area contributed by atoms with Crippen LogP contribution in [0.15, 0.2) is 42.9 Å². The van der Waals surface area contributed by atoms with E-state index in [0.717, 1.165) is 17.1 Å². The van der Waals surface area contributed by atoms with Crippen molar-refractivity contribution in [1.29, 1.82) is 0 Å². The zero-order valence-corrected chi connectivity index (χ0v) is 14.5. The van der Waals surface area contributed by atoms with Gasteiger partial charge in [-0.25, -0.2) is 9.99 Å². The van der Waals surface area contributed by atoms with E-state index in [9.17, 15) is 22.8 Å². The summed E-state index contributed by atoms with van der Waals surface area (Å²) >= 11 is 0. The van der Waals surface area contributed by atoms with E-state index in [1.54, 1.807) is 13.8 Å². The van der Waals surface area contributed by atoms with E-state index >= 15 is 0 Å². The Hall–Kier alpha value is -3.17. The molecule has 1 N–H and O–H groups in total. The highest BCUT2D eigenvalue weighted by molar-refractivity contribution is 5.93. The van der Waals surface area contributed by atoms with Gasteiger partial charge in [0.15, 0.2) is 0 Å². The zero-order chi connectivity index (χ0) is 20.0. The molecule has 0 aliphatic carbocycles. The van der Waals surface area contributed by atoms with Gasteiger partial charge in [0.05, 0.1) is 12.2 Å². The monoisotopic (exact) mass is 382 g/mol. The maximum absolute atomic E-state index is 12.7. The van der Waals surface area contributed by atoms with E-state index in [-0.39, 0.29) is 17.9 Å². The summed E-state index contributed by atoms with van der Waals surface area (Å²) < 4.78 is 40.6. The normalized spacial score (nSPS) is 12.2. The summed E-state index contributed by atoms with van der Waals surface area (Å²) in [6, 6.07) is 4.33. The minimum atomic E-state index is -4.80. The van der Waals surface area contributed by atoms with Crippen LogP contribution >= 0.6 is 0 Å². The summed E-state index contributed by atoms with van der Waals surface area (Å²) in [5, 5.41) is 1.06. The molecule has 2 rings (SSSR count). The molecule has 7 nitrogen and oxygen atoms in total. The summed E-state index contributed by atoms with van der Waals surface area (Å²) in [5.41, 5.74) is 2.98. The van der Waals surface area contributed by atoms with Crippen LogP contribution in [0.3, 0.4) is 0 Å². The largest absolute Gasteiger partial charge is 0.573 e. The van der Waals surface area contributed by atoms with E-state index in [1.165, 1.54) is 30.7 Å². The average molecular weight is 382 g/mol. The van der Waals surface area contributed by atoms with Crippen LogP contribution in [-0.4, -0.2) is 33.2 Å². The minimum absolute atomic E-state index is 0.0118. The fourth-order valence-electron chi connectivity index (χ4n) is 2.17. The molecule has 0 saturated carbocycles. The summed E-state index contributed by atoms with van der Waals surface area (Å²) in [5.74, 6) is -1.40. The molecule has 1 heterocycles. The number of nitrogens with one attached hydrogen (secondary N) is 1. The first-order valence-corrected chi connectivity index (χ1v) is 7.96. The lowest BCUT2D eigenvalue weighted by Gasteiger charge is -2.29. The number of aromatic nitrogens is 2. The number of rotatable bonds is 5. The SMILES string of the molecule is CCC(=O)NN(C(=O)c1cnccn1)C(C)c1ccc(OC(F)(F)F)cc1. The zero-order valence-electron chi connectivity index (χ0n) is 14.5. The highest BCUT2D eigenvalue weighted by Gasteiger charge is 2.31. The Morgan fingerprint density at radius 2 is 1.89 bits per heavy atom. The number of alkyl halides is 3. The van der Waals surface area contributed by atoms with Crippen molar-refractivity contribution in [3.05, 3.63) is 54.1 Å². The molecule has 0 bridgehead atoms. The van der Waals surface area contributed by atoms with Crippen molar-refractivity contribution in [2.45, 2.75) is 32.7 Å². The Morgan fingerprint density at radius 3 is 2.41 bits per heavy atom. The van der Waals surface area contributed by atoms with Gasteiger partial charge in [0.25, 0.3) is 5.91 Å². The smallest absolute Gasteiger partial charge is 0.406 e. The quantitative estimate of drug-likeness (QED) is 0.804. The highest BCUT2D eigenvalue weighted by Crippen LogP contribution is 2.26. The molecule has 0 radical (unpaired) electrons. The Kier molecular flexibility index (Phi) is 6.32. The predicted molar refractivity (Wildman–Crippen MR) is 88.2 cm³/mol. The number of nitrogens with zero attached hydrogens (tertiary/aromatic N) is 3. The number of hydrazine groups is 1. The van der Waals surface area contributed by atoms with E-state index < -0.39 is 24.2 Å². The summed E-state index contributed by atoms with van der Waals surface area (Å²) in [6.45, 7) is 3.23. The third-order valence-corrected chi connectivity index (χ3v) is 3.55. The van der Waals surface area contributed by atoms with E-state index in [1.807, 2.05) is 0 Å². The molecular formula is C17H17F3N4O3. The second-order valence-corrected chi connectivity index (χ2v) is 5.45. The van der Waals surface area contributed by atoms with E-state index in [4.69, 9.17) is 0 Å². The predicted octanol–water partition coefficient (Wildman–Crippen LogP) is 3.02. The topological polar surface area (TPSA) is 84.4 Å². The van der Waals surface area contributed by atoms with Crippen molar-refractivity contribution in [2.75, 3.05) is 0 Å². The van der Waals surface area contributed by atoms with Gasteiger partial charge in [-0.05, 0) is 24.6 Å². The summed E-state index contributed by atoms with van der Waals surface area (Å²) in [6.07, 6.45) is -0.679. The van der Waals surface area contributed by atoms with Gasteiger partial charge in [0.1, 0.15) is 11.4 Å². The fraction of sp³-hybridized carbons (Fsp3) is 0.294. The lowest BCUT2D eigenvalue weighted by Crippen LogP contribution is -2.47. The standard InChI is InChI=1S/C17H17F3N4O3/c1-3-15(25)23-24(16(26)14-10-21-8-9-22-14)11(2)12-4-6-13(7-5-12)27-17(18,19)20/h4-11H,3H2,1-2H3,(H,23,25). The van der Waals surface area contributed by atoms with Gasteiger partial charge in [-0.2, -0.15) is 0 Å². The number of halogens is 3. The summed E-state index contributed by atoms with van der Waals surface area (Å²) in [7, 11) is 0. The number of carbonyl (C=O) groups is 2. The van der Waals surface area contributed by atoms with E-state index in [0.29, 0.717) is 5.56 Å². The van der Waals surface area contributed by atoms with Gasteiger partial charge in [0, 0.05) is 18.8 Å². The van der Waals surface area contributed by atoms with Crippen LogP contribution in [-0.2, 0) is 4.79 Å². The maximum Gasteiger partial charge on any atom is 0.573 e. The van der Waals surface area contributed by atoms with Crippen molar-refractivity contribution in [3.8, 4) is 5.75 Å². The van der Waals surface area contributed by atoms with Gasteiger partial charge in [-0.15, -0.1) is 13.2 Å². The number of ether oxygens (including phenoxy) is 1. The highest BCUT2D eigenvalue weighted by atomic mass is 19.4. The molecule has 1 aromatic heterocycles. The molecule has 0 aliphatic rings. The number of hydrogen-bond donors (Lipinski definition) is 1. The first-order chi connectivity index (χ1) is 12.7. The molecule has 1 unspecified atom stereocenters. The fourth-order valence-corrected chi connectivity index (χ4v) is 2.17. The van der Waals surface area contributed by atoms with Crippen molar-refractivity contribution in [3.63, 3.8) is 0 Å². The maximum atomic E-state index is 12.7. The van der Waals surface area contributed by atoms with Gasteiger partial charge >= 0.3 is 6.36 Å². The molecule has 0 fully saturated rings. The molecule has 27 heavy (non-hydrogen) atoms. The van der Waals surface area contributed by atoms with Crippen LogP contribution in [0, 0.1) is 0 Å². The van der Waals surface area contributed by atoms with Crippen LogP contribution < -0.4 is 10.2 Å². The molecule has 2 aromatic rings. The molecule has 0 spiro atoms. The van der Waals surface area contributed by atoms with Crippen LogP contribution in [0.5, 0.6) is 5.75 Å². The van der Waals surface area contributed by atoms with Gasteiger partial charge in [-0.3, -0.25) is 20.0 Å². The van der Waals surface area contributed by atoms with Crippen LogP contribution in [0.25, 0.3) is 0 Å². The van der Waals surface area contributed by atoms with Crippen LogP contribution in [0.4, 0.5) is 13.2 Å². The molecule has 0 saturated heterocycles. The Morgan fingerprint density at radius 1 is 1.22 bits per heavy atom. The van der Waals surface area contributed by atoms with Gasteiger partial charge < -0.3 is 4.74 Å². The number of amides is 2. The molecule has 2 amide bonds. The molecule has 0 aliphatic heterocycles. The van der Waals surface area contributed by atoms with Crippen molar-refractivity contribution >= 4 is 11.8 Å². The number of hydrogen-bond acceptors (Lipinski definition) is 5. The molecule has 1 aromatic carbocycles. The van der Waals surface area contributed by atoms with Crippen LogP contribution in [0.1, 0.15) is 42.4 Å². The number of benzene rings is 1. The van der Waals surface area contributed by atoms with Gasteiger partial charge in [-0.1, -0.05) is 19.1 Å². The summed E-state index contributed by atoms with van der Waals surface area (Å²) in [4.78, 5) is 32.3. The lowest BCUT2D eigenvalue weighted by atomic mass is 10.1. The first kappa shape index (κ1) is 20.1. The Balaban J connectivity index is 2.26. The lowest BCUT2D eigenvalue weighted by molar-refractivity contribution is -0.274. The first-order valence-electron chi connectivity index (χ1n) is 7.96. The second kappa shape index (κ2) is 8.47. The molecule has 144 valence electrons. The Bertz CT molecular complexity index is 782. The average Bonchev–Trinajstić information content (AvgIpc) is 2.65. The van der Waals surface area contributed by atoms with Crippen LogP contribution in [0.2, 0.25) is 0 Å². The number of carbonyl (C=O) groups excluding carboxylic acids is 2. The van der Waals surface area contributed by atoms with Crippen molar-refractivity contribution in [2.24, 2.45) is 0 Å². The molecule has 1 atom stereocenters. The molecule has 10 heteroatoms.